The van der Waals surface area contributed by atoms with Gasteiger partial charge < -0.3 is 56.0 Å². The first kappa shape index (κ1) is 45.5. The van der Waals surface area contributed by atoms with Crippen molar-refractivity contribution in [2.24, 2.45) is 5.41 Å². The van der Waals surface area contributed by atoms with Gasteiger partial charge in [-0.2, -0.15) is 4.31 Å². The number of carbonyl (C=O) groups is 3. The Balaban J connectivity index is 1.51. The maximum absolute atomic E-state index is 12.6. The second kappa shape index (κ2) is 18.8. The van der Waals surface area contributed by atoms with Gasteiger partial charge in [-0.25, -0.2) is 28.6 Å². The zero-order valence-corrected chi connectivity index (χ0v) is 32.1. The fourth-order valence-corrected chi connectivity index (χ4v) is 7.98. The summed E-state index contributed by atoms with van der Waals surface area (Å²) in [5, 5.41) is 34.8. The number of nitrogen functional groups attached to an aromatic ring is 1. The van der Waals surface area contributed by atoms with E-state index in [4.69, 9.17) is 24.6 Å². The smallest absolute Gasteiger partial charge is 0.481 e. The van der Waals surface area contributed by atoms with Gasteiger partial charge in [0.1, 0.15) is 36.3 Å². The predicted molar refractivity (Wildman–Crippen MR) is 183 cm³/mol. The lowest BCUT2D eigenvalue weighted by Gasteiger charge is -2.30. The van der Waals surface area contributed by atoms with Crippen molar-refractivity contribution in [2.75, 3.05) is 37.8 Å². The first-order chi connectivity index (χ1) is 24.9. The van der Waals surface area contributed by atoms with Gasteiger partial charge in [0.15, 0.2) is 17.7 Å². The molecule has 2 aromatic heterocycles. The molecule has 0 bridgehead atoms. The number of aliphatic hydroxyl groups is 3. The van der Waals surface area contributed by atoms with E-state index in [9.17, 15) is 57.9 Å². The van der Waals surface area contributed by atoms with Crippen molar-refractivity contribution < 1.29 is 85.6 Å². The van der Waals surface area contributed by atoms with Gasteiger partial charge in [0.05, 0.1) is 25.3 Å². The fourth-order valence-electron chi connectivity index (χ4n) is 4.49. The lowest BCUT2D eigenvalue weighted by atomic mass is 9.87. The molecule has 3 heterocycles. The molecule has 1 aliphatic heterocycles. The van der Waals surface area contributed by atoms with Gasteiger partial charge in [-0.3, -0.25) is 32.5 Å². The number of imidazole rings is 1. The van der Waals surface area contributed by atoms with Gasteiger partial charge in [0, 0.05) is 36.8 Å². The van der Waals surface area contributed by atoms with Crippen LogP contribution in [0.25, 0.3) is 11.2 Å². The van der Waals surface area contributed by atoms with Crippen molar-refractivity contribution in [3.8, 4) is 0 Å². The predicted octanol–water partition coefficient (Wildman–Crippen LogP) is -0.873. The highest BCUT2D eigenvalue weighted by atomic mass is 32.2. The average molecular weight is 852 g/mol. The third kappa shape index (κ3) is 13.7. The Kier molecular flexibility index (Phi) is 15.9. The molecule has 0 saturated carbocycles. The van der Waals surface area contributed by atoms with Gasteiger partial charge in [-0.1, -0.05) is 25.6 Å². The molecule has 1 aliphatic rings. The molecule has 1 fully saturated rings. The van der Waals surface area contributed by atoms with Gasteiger partial charge >= 0.3 is 23.5 Å². The second-order valence-corrected chi connectivity index (χ2v) is 17.4. The number of amides is 2. The van der Waals surface area contributed by atoms with Gasteiger partial charge in [-0.15, -0.1) is 0 Å². The summed E-state index contributed by atoms with van der Waals surface area (Å²) in [4.78, 5) is 86.8. The summed E-state index contributed by atoms with van der Waals surface area (Å²) in [6, 6.07) is 0. The van der Waals surface area contributed by atoms with Crippen LogP contribution in [0.5, 0.6) is 0 Å². The number of thioether (sulfide) groups is 1. The molecule has 2 aromatic rings. The number of hydrogen-bond acceptors (Lipinski definition) is 19. The number of aliphatic hydroxyl groups excluding tert-OH is 3. The summed E-state index contributed by atoms with van der Waals surface area (Å²) >= 11 is 0.862. The monoisotopic (exact) mass is 851 g/mol. The average Bonchev–Trinajstić information content (AvgIpc) is 3.60. The number of anilines is 1. The number of allylic oxidation sites excluding steroid dienone is 1. The Labute approximate surface area is 310 Å². The van der Waals surface area contributed by atoms with E-state index in [0.717, 1.165) is 35.1 Å². The Hall–Kier alpha value is -2.90. The SMILES string of the molecule is C/C(O)=C/C(=O)SCCNC(=O)CCNC(=O)[C@H](O)C(C)(C)COP(=O)(O)OP(=O)(O)OC[C@H]1O[C@@H](n2cnc3c(N)ncnc32)[C@H](O)[C@@H]1OP(=O)(O)O. The Morgan fingerprint density at radius 3 is 2.41 bits per heavy atom. The van der Waals surface area contributed by atoms with Crippen LogP contribution in [0, 0.1) is 5.41 Å². The largest absolute Gasteiger partial charge is 0.512 e. The van der Waals surface area contributed by atoms with E-state index in [1.807, 2.05) is 0 Å². The van der Waals surface area contributed by atoms with Crippen molar-refractivity contribution in [3.63, 3.8) is 0 Å². The van der Waals surface area contributed by atoms with Crippen LogP contribution in [0.4, 0.5) is 5.82 Å². The van der Waals surface area contributed by atoms with E-state index in [1.165, 1.54) is 20.8 Å². The zero-order chi connectivity index (χ0) is 40.6. The summed E-state index contributed by atoms with van der Waals surface area (Å²) in [5.41, 5.74) is 4.22. The molecule has 0 spiro atoms. The molecule has 2 unspecified atom stereocenters. The number of hydrogen-bond donors (Lipinski definition) is 10. The number of aromatic nitrogens is 4. The van der Waals surface area contributed by atoms with E-state index >= 15 is 0 Å². The van der Waals surface area contributed by atoms with E-state index < -0.39 is 89.7 Å². The Morgan fingerprint density at radius 1 is 1.09 bits per heavy atom. The van der Waals surface area contributed by atoms with Crippen LogP contribution in [0.3, 0.4) is 0 Å². The minimum atomic E-state index is -5.58. The second-order valence-electron chi connectivity index (χ2n) is 12.0. The molecule has 54 heavy (non-hydrogen) atoms. The highest BCUT2D eigenvalue weighted by Gasteiger charge is 2.50. The van der Waals surface area contributed by atoms with Crippen LogP contribution in [-0.4, -0.2) is 128 Å². The van der Waals surface area contributed by atoms with Crippen LogP contribution in [0.15, 0.2) is 24.5 Å². The highest BCUT2D eigenvalue weighted by Crippen LogP contribution is 2.61. The van der Waals surface area contributed by atoms with Crippen LogP contribution in [-0.2, 0) is 50.7 Å². The number of carbonyl (C=O) groups excluding carboxylic acids is 3. The van der Waals surface area contributed by atoms with E-state index in [1.54, 1.807) is 0 Å². The van der Waals surface area contributed by atoms with Crippen molar-refractivity contribution in [3.05, 3.63) is 24.5 Å². The summed E-state index contributed by atoms with van der Waals surface area (Å²) < 4.78 is 61.9. The minimum Gasteiger partial charge on any atom is -0.512 e. The molecule has 0 aliphatic carbocycles. The minimum absolute atomic E-state index is 0.0246. The first-order valence-corrected chi connectivity index (χ1v) is 20.8. The van der Waals surface area contributed by atoms with Gasteiger partial charge in [-0.05, 0) is 6.92 Å². The number of ether oxygens (including phenoxy) is 1. The third-order valence-corrected chi connectivity index (χ3v) is 11.0. The van der Waals surface area contributed by atoms with Crippen LogP contribution >= 0.6 is 35.2 Å². The summed E-state index contributed by atoms with van der Waals surface area (Å²) in [7, 11) is -16.4. The molecule has 0 aromatic carbocycles. The zero-order valence-electron chi connectivity index (χ0n) is 28.6. The number of phosphoric acid groups is 3. The summed E-state index contributed by atoms with van der Waals surface area (Å²) in [6.07, 6.45) is -5.99. The number of phosphoric ester groups is 3. The van der Waals surface area contributed by atoms with E-state index in [-0.39, 0.29) is 48.0 Å². The molecule has 29 heteroatoms. The Morgan fingerprint density at radius 2 is 1.76 bits per heavy atom. The van der Waals surface area contributed by atoms with Gasteiger partial charge in [0.2, 0.25) is 16.9 Å². The number of nitrogens with two attached hydrogens (primary N) is 1. The molecular weight excluding hydrogens is 811 g/mol. The molecule has 0 radical (unpaired) electrons. The molecule has 7 atom stereocenters. The molecule has 304 valence electrons. The third-order valence-electron chi connectivity index (χ3n) is 7.07. The molecular formula is C25H40N7O18P3S. The van der Waals surface area contributed by atoms with Gasteiger partial charge in [0.25, 0.3) is 0 Å². The maximum atomic E-state index is 12.6. The van der Waals surface area contributed by atoms with Crippen molar-refractivity contribution in [2.45, 2.75) is 57.8 Å². The van der Waals surface area contributed by atoms with Crippen LogP contribution in [0.2, 0.25) is 0 Å². The number of nitrogens with zero attached hydrogens (tertiary/aromatic N) is 4. The normalized spacial score (nSPS) is 22.4. The van der Waals surface area contributed by atoms with Crippen molar-refractivity contribution in [1.82, 2.24) is 30.2 Å². The van der Waals surface area contributed by atoms with Crippen molar-refractivity contribution in [1.29, 1.82) is 0 Å². The van der Waals surface area contributed by atoms with E-state index in [0.29, 0.717) is 0 Å². The molecule has 2 amide bonds. The topological polar surface area (TPSA) is 384 Å². The van der Waals surface area contributed by atoms with Crippen LogP contribution < -0.4 is 16.4 Å². The maximum Gasteiger partial charge on any atom is 0.481 e. The molecule has 11 N–H and O–H groups in total. The summed E-state index contributed by atoms with van der Waals surface area (Å²) in [5.74, 6) is -1.48. The van der Waals surface area contributed by atoms with E-state index in [2.05, 4.69) is 34.4 Å². The van der Waals surface area contributed by atoms with Crippen LogP contribution in [0.1, 0.15) is 33.4 Å². The molecule has 3 rings (SSSR count). The highest BCUT2D eigenvalue weighted by molar-refractivity contribution is 8.14. The molecule has 1 saturated heterocycles. The Bertz CT molecular complexity index is 1840. The fraction of sp³-hybridized carbons (Fsp3) is 0.600. The first-order valence-electron chi connectivity index (χ1n) is 15.3. The van der Waals surface area contributed by atoms with Crippen molar-refractivity contribution >= 4 is 69.1 Å². The number of rotatable bonds is 20. The lowest BCUT2D eigenvalue weighted by molar-refractivity contribution is -0.137. The number of nitrogens with one attached hydrogen (secondary N) is 2. The molecule has 25 nitrogen and oxygen atoms in total. The number of fused-ring (bicyclic) bond motifs is 1. The standard InChI is InChI=1S/C25H40N7O18P3S/c1-13(33)8-16(35)54-7-6-27-15(34)4-5-28-23(38)20(37)25(2,3)10-47-53(44,45)50-52(42,43)46-9-14-19(49-51(39,40)41)18(36)24(48-14)32-12-31-17-21(26)29-11-30-22(17)32/h8,11-12,14,18-20,24,33,36-37H,4-7,9-10H2,1-3H3,(H,27,34)(H,28,38)(H,42,43)(H,44,45)(H2,26,29,30)(H2,39,40,41)/b13-8-/t14-,18-,19-,20+,24-/m1/s1. The lowest BCUT2D eigenvalue weighted by Crippen LogP contribution is -2.46. The summed E-state index contributed by atoms with van der Waals surface area (Å²) in [6.45, 7) is 1.64. The quantitative estimate of drug-likeness (QED) is 0.0335.